The fraction of sp³-hybridized carbons (Fsp3) is 0.417. The van der Waals surface area contributed by atoms with Gasteiger partial charge in [-0.25, -0.2) is 0 Å². The molecule has 5 nitrogen and oxygen atoms in total. The highest BCUT2D eigenvalue weighted by atomic mass is 79.9. The number of hydrogen-bond donors (Lipinski definition) is 1. The quantitative estimate of drug-likeness (QED) is 0.922. The zero-order valence-electron chi connectivity index (χ0n) is 9.77. The predicted molar refractivity (Wildman–Crippen MR) is 70.1 cm³/mol. The van der Waals surface area contributed by atoms with Gasteiger partial charge in [-0.05, 0) is 41.4 Å². The molecule has 0 aromatic carbocycles. The molecule has 1 aliphatic heterocycles. The van der Waals surface area contributed by atoms with Crippen LogP contribution in [0.4, 0.5) is 0 Å². The second-order valence-corrected chi connectivity index (χ2v) is 5.31. The Labute approximate surface area is 113 Å². The first-order chi connectivity index (χ1) is 8.83. The zero-order chi connectivity index (χ0) is 12.4. The van der Waals surface area contributed by atoms with Gasteiger partial charge in [0.1, 0.15) is 0 Å². The fourth-order valence-electron chi connectivity index (χ4n) is 2.12. The molecule has 6 heteroatoms. The van der Waals surface area contributed by atoms with Crippen molar-refractivity contribution in [2.75, 3.05) is 13.1 Å². The Morgan fingerprint density at radius 1 is 1.39 bits per heavy atom. The second kappa shape index (κ2) is 5.16. The van der Waals surface area contributed by atoms with Crippen molar-refractivity contribution >= 4 is 15.9 Å². The molecule has 0 saturated carbocycles. The summed E-state index contributed by atoms with van der Waals surface area (Å²) >= 11 is 3.38. The van der Waals surface area contributed by atoms with Crippen molar-refractivity contribution in [2.45, 2.75) is 18.8 Å². The Morgan fingerprint density at radius 2 is 2.33 bits per heavy atom. The summed E-state index contributed by atoms with van der Waals surface area (Å²) in [5, 5.41) is 7.43. The largest absolute Gasteiger partial charge is 0.334 e. The maximum Gasteiger partial charge on any atom is 0.259 e. The average Bonchev–Trinajstić information content (AvgIpc) is 2.89. The van der Waals surface area contributed by atoms with Crippen LogP contribution in [0.15, 0.2) is 27.5 Å². The highest BCUT2D eigenvalue weighted by molar-refractivity contribution is 9.10. The van der Waals surface area contributed by atoms with E-state index in [1.807, 2.05) is 6.07 Å². The van der Waals surface area contributed by atoms with Crippen LogP contribution in [-0.2, 0) is 0 Å². The molecule has 0 spiro atoms. The molecular weight excluding hydrogens is 296 g/mol. The minimum Gasteiger partial charge on any atom is -0.334 e. The molecular formula is C12H13BrN4O. The number of nitrogens with zero attached hydrogens (tertiary/aromatic N) is 3. The van der Waals surface area contributed by atoms with E-state index in [0.29, 0.717) is 11.8 Å². The molecule has 0 amide bonds. The lowest BCUT2D eigenvalue weighted by molar-refractivity contribution is 0.393. The molecule has 2 aromatic heterocycles. The van der Waals surface area contributed by atoms with Crippen LogP contribution in [0.25, 0.3) is 11.5 Å². The van der Waals surface area contributed by atoms with Crippen molar-refractivity contribution in [1.29, 1.82) is 0 Å². The third-order valence-electron chi connectivity index (χ3n) is 3.06. The highest BCUT2D eigenvalue weighted by Crippen LogP contribution is 2.25. The van der Waals surface area contributed by atoms with Crippen molar-refractivity contribution in [3.8, 4) is 11.5 Å². The number of piperidine rings is 1. The first kappa shape index (κ1) is 11.8. The fourth-order valence-corrected chi connectivity index (χ4v) is 2.48. The summed E-state index contributed by atoms with van der Waals surface area (Å²) in [5.41, 5.74) is 0.840. The van der Waals surface area contributed by atoms with E-state index in [1.54, 1.807) is 12.4 Å². The Balaban J connectivity index is 1.84. The maximum absolute atomic E-state index is 5.31. The summed E-state index contributed by atoms with van der Waals surface area (Å²) in [6.45, 7) is 2.01. The second-order valence-electron chi connectivity index (χ2n) is 4.39. The number of hydrogen-bond acceptors (Lipinski definition) is 5. The van der Waals surface area contributed by atoms with Crippen LogP contribution in [0.5, 0.6) is 0 Å². The van der Waals surface area contributed by atoms with Gasteiger partial charge >= 0.3 is 0 Å². The molecule has 0 radical (unpaired) electrons. The van der Waals surface area contributed by atoms with Gasteiger partial charge in [-0.3, -0.25) is 4.98 Å². The predicted octanol–water partition coefficient (Wildman–Crippen LogP) is 2.36. The van der Waals surface area contributed by atoms with Gasteiger partial charge in [0, 0.05) is 29.3 Å². The lowest BCUT2D eigenvalue weighted by Gasteiger charge is -2.19. The Hall–Kier alpha value is -1.27. The van der Waals surface area contributed by atoms with Crippen molar-refractivity contribution in [3.05, 3.63) is 28.8 Å². The first-order valence-electron chi connectivity index (χ1n) is 5.98. The van der Waals surface area contributed by atoms with Gasteiger partial charge in [0.2, 0.25) is 0 Å². The van der Waals surface area contributed by atoms with E-state index in [0.717, 1.165) is 41.8 Å². The van der Waals surface area contributed by atoms with Crippen molar-refractivity contribution in [3.63, 3.8) is 0 Å². The van der Waals surface area contributed by atoms with E-state index in [4.69, 9.17) is 4.52 Å². The van der Waals surface area contributed by atoms with Gasteiger partial charge in [-0.15, -0.1) is 0 Å². The minimum absolute atomic E-state index is 0.358. The number of aromatic nitrogens is 3. The maximum atomic E-state index is 5.31. The molecule has 1 fully saturated rings. The van der Waals surface area contributed by atoms with E-state index >= 15 is 0 Å². The Bertz CT molecular complexity index is 536. The average molecular weight is 309 g/mol. The molecule has 1 saturated heterocycles. The van der Waals surface area contributed by atoms with Crippen molar-refractivity contribution in [1.82, 2.24) is 20.4 Å². The summed E-state index contributed by atoms with van der Waals surface area (Å²) in [6.07, 6.45) is 5.72. The van der Waals surface area contributed by atoms with Gasteiger partial charge in [0.25, 0.3) is 5.89 Å². The standard InChI is InChI=1S/C12H13BrN4O/c13-10-4-9(6-15-7-10)12-16-11(17-18-12)8-2-1-3-14-5-8/h4,6-8,14H,1-3,5H2/t8-/m1/s1. The van der Waals surface area contributed by atoms with E-state index in [2.05, 4.69) is 36.4 Å². The molecule has 94 valence electrons. The molecule has 0 unspecified atom stereocenters. The SMILES string of the molecule is Brc1cncc(-c2nc([C@@H]3CCCNC3)no2)c1. The Morgan fingerprint density at radius 3 is 3.11 bits per heavy atom. The molecule has 1 N–H and O–H groups in total. The lowest BCUT2D eigenvalue weighted by atomic mass is 9.99. The Kier molecular flexibility index (Phi) is 3.38. The molecule has 3 rings (SSSR count). The third-order valence-corrected chi connectivity index (χ3v) is 3.49. The molecule has 0 aliphatic carbocycles. The number of pyridine rings is 1. The summed E-state index contributed by atoms with van der Waals surface area (Å²) in [4.78, 5) is 8.56. The van der Waals surface area contributed by atoms with Gasteiger partial charge < -0.3 is 9.84 Å². The van der Waals surface area contributed by atoms with E-state index in [9.17, 15) is 0 Å². The van der Waals surface area contributed by atoms with Crippen LogP contribution in [-0.4, -0.2) is 28.2 Å². The van der Waals surface area contributed by atoms with E-state index in [1.165, 1.54) is 0 Å². The molecule has 2 aromatic rings. The molecule has 3 heterocycles. The molecule has 0 bridgehead atoms. The van der Waals surface area contributed by atoms with Crippen LogP contribution in [0.3, 0.4) is 0 Å². The summed E-state index contributed by atoms with van der Waals surface area (Å²) < 4.78 is 6.21. The topological polar surface area (TPSA) is 63.8 Å². The van der Waals surface area contributed by atoms with Gasteiger partial charge in [0.15, 0.2) is 5.82 Å². The van der Waals surface area contributed by atoms with Crippen LogP contribution in [0.1, 0.15) is 24.6 Å². The van der Waals surface area contributed by atoms with Crippen LogP contribution in [0.2, 0.25) is 0 Å². The van der Waals surface area contributed by atoms with Crippen LogP contribution >= 0.6 is 15.9 Å². The number of rotatable bonds is 2. The summed E-state index contributed by atoms with van der Waals surface area (Å²) in [6, 6.07) is 1.92. The number of halogens is 1. The summed E-state index contributed by atoms with van der Waals surface area (Å²) in [7, 11) is 0. The molecule has 1 aliphatic rings. The zero-order valence-corrected chi connectivity index (χ0v) is 11.4. The monoisotopic (exact) mass is 308 g/mol. The minimum atomic E-state index is 0.358. The van der Waals surface area contributed by atoms with E-state index < -0.39 is 0 Å². The van der Waals surface area contributed by atoms with Gasteiger partial charge in [-0.2, -0.15) is 4.98 Å². The molecule has 1 atom stereocenters. The van der Waals surface area contributed by atoms with E-state index in [-0.39, 0.29) is 0 Å². The smallest absolute Gasteiger partial charge is 0.259 e. The summed E-state index contributed by atoms with van der Waals surface area (Å²) in [5.74, 6) is 1.68. The van der Waals surface area contributed by atoms with Crippen LogP contribution in [0, 0.1) is 0 Å². The van der Waals surface area contributed by atoms with Crippen LogP contribution < -0.4 is 5.32 Å². The lowest BCUT2D eigenvalue weighted by Crippen LogP contribution is -2.28. The van der Waals surface area contributed by atoms with Gasteiger partial charge in [-0.1, -0.05) is 5.16 Å². The van der Waals surface area contributed by atoms with Gasteiger partial charge in [0.05, 0.1) is 5.56 Å². The number of nitrogens with one attached hydrogen (secondary N) is 1. The van der Waals surface area contributed by atoms with Crippen molar-refractivity contribution in [2.24, 2.45) is 0 Å². The first-order valence-corrected chi connectivity index (χ1v) is 6.77. The normalized spacial score (nSPS) is 19.9. The highest BCUT2D eigenvalue weighted by Gasteiger charge is 2.21. The third kappa shape index (κ3) is 2.44. The molecule has 18 heavy (non-hydrogen) atoms. The van der Waals surface area contributed by atoms with Crippen molar-refractivity contribution < 1.29 is 4.52 Å².